The summed E-state index contributed by atoms with van der Waals surface area (Å²) < 4.78 is 0. The highest BCUT2D eigenvalue weighted by molar-refractivity contribution is 5.13. The highest BCUT2D eigenvalue weighted by Gasteiger charge is 2.63. The van der Waals surface area contributed by atoms with E-state index in [-0.39, 0.29) is 0 Å². The molecule has 2 saturated carbocycles. The van der Waals surface area contributed by atoms with Crippen molar-refractivity contribution in [3.05, 3.63) is 0 Å². The van der Waals surface area contributed by atoms with Gasteiger partial charge in [0.25, 0.3) is 0 Å². The zero-order chi connectivity index (χ0) is 8.11. The largest absolute Gasteiger partial charge is 0.330 e. The van der Waals surface area contributed by atoms with Crippen LogP contribution in [-0.4, -0.2) is 6.54 Å². The molecule has 0 aliphatic heterocycles. The number of hydrogen-bond donors (Lipinski definition) is 1. The first-order chi connectivity index (χ1) is 5.12. The van der Waals surface area contributed by atoms with E-state index in [1.165, 1.54) is 25.7 Å². The van der Waals surface area contributed by atoms with Crippen LogP contribution >= 0.6 is 0 Å². The number of hydrogen-bond acceptors (Lipinski definition) is 1. The second kappa shape index (κ2) is 2.01. The molecule has 2 N–H and O–H groups in total. The molecule has 0 aromatic rings. The maximum Gasteiger partial charge on any atom is -0.00431 e. The lowest BCUT2D eigenvalue weighted by Gasteiger charge is -2.28. The maximum atomic E-state index is 5.71. The van der Waals surface area contributed by atoms with Crippen molar-refractivity contribution < 1.29 is 0 Å². The first-order valence-electron chi connectivity index (χ1n) is 4.82. The summed E-state index contributed by atoms with van der Waals surface area (Å²) in [5.74, 6) is 0.861. The predicted octanol–water partition coefficient (Wildman–Crippen LogP) is 2.16. The van der Waals surface area contributed by atoms with Crippen LogP contribution in [0.4, 0.5) is 0 Å². The van der Waals surface area contributed by atoms with Crippen molar-refractivity contribution in [3.63, 3.8) is 0 Å². The Hall–Kier alpha value is -0.0400. The third-order valence-corrected chi connectivity index (χ3v) is 4.29. The summed E-state index contributed by atoms with van der Waals surface area (Å²) in [5, 5.41) is 0. The third-order valence-electron chi connectivity index (χ3n) is 4.29. The molecule has 2 aliphatic rings. The SMILES string of the molecule is CC1(C)CCCC12CC2CN. The Labute approximate surface area is 69.4 Å². The van der Waals surface area contributed by atoms with Gasteiger partial charge in [-0.25, -0.2) is 0 Å². The first-order valence-corrected chi connectivity index (χ1v) is 4.82. The van der Waals surface area contributed by atoms with E-state index >= 15 is 0 Å². The van der Waals surface area contributed by atoms with Gasteiger partial charge in [-0.15, -0.1) is 0 Å². The van der Waals surface area contributed by atoms with Gasteiger partial charge < -0.3 is 5.73 Å². The smallest absolute Gasteiger partial charge is 0.00431 e. The molecule has 2 aliphatic carbocycles. The summed E-state index contributed by atoms with van der Waals surface area (Å²) in [4.78, 5) is 0. The van der Waals surface area contributed by atoms with Gasteiger partial charge in [0.15, 0.2) is 0 Å². The molecule has 1 heteroatoms. The average Bonchev–Trinajstić information content (AvgIpc) is 2.56. The quantitative estimate of drug-likeness (QED) is 0.614. The van der Waals surface area contributed by atoms with Crippen molar-refractivity contribution in [1.29, 1.82) is 0 Å². The molecule has 11 heavy (non-hydrogen) atoms. The van der Waals surface area contributed by atoms with Gasteiger partial charge in [-0.05, 0) is 42.6 Å². The van der Waals surface area contributed by atoms with E-state index in [2.05, 4.69) is 13.8 Å². The standard InChI is InChI=1S/C10H19N/c1-9(2)4-3-5-10(9)6-8(10)7-11/h8H,3-7,11H2,1-2H3. The molecule has 2 rings (SSSR count). The van der Waals surface area contributed by atoms with Crippen LogP contribution in [0.5, 0.6) is 0 Å². The van der Waals surface area contributed by atoms with E-state index in [0.29, 0.717) is 10.8 Å². The van der Waals surface area contributed by atoms with Crippen molar-refractivity contribution in [2.45, 2.75) is 39.5 Å². The molecule has 1 spiro atoms. The lowest BCUT2D eigenvalue weighted by atomic mass is 9.77. The second-order valence-electron chi connectivity index (χ2n) is 5.03. The van der Waals surface area contributed by atoms with E-state index in [4.69, 9.17) is 5.73 Å². The van der Waals surface area contributed by atoms with E-state index in [1.807, 2.05) is 0 Å². The summed E-state index contributed by atoms with van der Waals surface area (Å²) in [5.41, 5.74) is 6.99. The molecule has 0 heterocycles. The molecule has 0 aromatic carbocycles. The van der Waals surface area contributed by atoms with Crippen molar-refractivity contribution in [1.82, 2.24) is 0 Å². The van der Waals surface area contributed by atoms with E-state index in [1.54, 1.807) is 0 Å². The van der Waals surface area contributed by atoms with Gasteiger partial charge in [0, 0.05) is 0 Å². The summed E-state index contributed by atoms with van der Waals surface area (Å²) in [7, 11) is 0. The van der Waals surface area contributed by atoms with Gasteiger partial charge >= 0.3 is 0 Å². The highest BCUT2D eigenvalue weighted by Crippen LogP contribution is 2.70. The van der Waals surface area contributed by atoms with E-state index in [0.717, 1.165) is 12.5 Å². The predicted molar refractivity (Wildman–Crippen MR) is 47.2 cm³/mol. The molecule has 2 atom stereocenters. The molecule has 2 fully saturated rings. The Bertz CT molecular complexity index is 174. The number of nitrogens with two attached hydrogens (primary N) is 1. The molecular weight excluding hydrogens is 134 g/mol. The third kappa shape index (κ3) is 0.807. The van der Waals surface area contributed by atoms with Gasteiger partial charge in [0.05, 0.1) is 0 Å². The topological polar surface area (TPSA) is 26.0 Å². The van der Waals surface area contributed by atoms with Crippen LogP contribution in [-0.2, 0) is 0 Å². The number of rotatable bonds is 1. The fourth-order valence-corrected chi connectivity index (χ4v) is 3.26. The van der Waals surface area contributed by atoms with Crippen LogP contribution in [0.15, 0.2) is 0 Å². The fourth-order valence-electron chi connectivity index (χ4n) is 3.26. The zero-order valence-corrected chi connectivity index (χ0v) is 7.69. The van der Waals surface area contributed by atoms with Crippen molar-refractivity contribution in [2.24, 2.45) is 22.5 Å². The lowest BCUT2D eigenvalue weighted by Crippen LogP contribution is -2.23. The molecule has 0 bridgehead atoms. The summed E-state index contributed by atoms with van der Waals surface area (Å²) in [6.07, 6.45) is 5.71. The summed E-state index contributed by atoms with van der Waals surface area (Å²) in [6, 6.07) is 0. The Kier molecular flexibility index (Phi) is 1.39. The lowest BCUT2D eigenvalue weighted by molar-refractivity contribution is 0.215. The van der Waals surface area contributed by atoms with E-state index < -0.39 is 0 Å². The average molecular weight is 153 g/mol. The molecule has 64 valence electrons. The van der Waals surface area contributed by atoms with Crippen LogP contribution in [0, 0.1) is 16.7 Å². The summed E-state index contributed by atoms with van der Waals surface area (Å²) >= 11 is 0. The van der Waals surface area contributed by atoms with Crippen molar-refractivity contribution >= 4 is 0 Å². The van der Waals surface area contributed by atoms with Crippen LogP contribution in [0.3, 0.4) is 0 Å². The molecule has 0 radical (unpaired) electrons. The molecule has 0 amide bonds. The van der Waals surface area contributed by atoms with Crippen LogP contribution < -0.4 is 5.73 Å². The Morgan fingerprint density at radius 3 is 2.45 bits per heavy atom. The van der Waals surface area contributed by atoms with Crippen molar-refractivity contribution in [2.75, 3.05) is 6.54 Å². The molecule has 2 unspecified atom stereocenters. The van der Waals surface area contributed by atoms with Gasteiger partial charge in [-0.3, -0.25) is 0 Å². The minimum Gasteiger partial charge on any atom is -0.330 e. The molecule has 1 nitrogen and oxygen atoms in total. The fraction of sp³-hybridized carbons (Fsp3) is 1.00. The minimum absolute atomic E-state index is 0.594. The van der Waals surface area contributed by atoms with Gasteiger partial charge in [0.2, 0.25) is 0 Å². The Morgan fingerprint density at radius 2 is 2.09 bits per heavy atom. The van der Waals surface area contributed by atoms with E-state index in [9.17, 15) is 0 Å². The van der Waals surface area contributed by atoms with Gasteiger partial charge in [-0.1, -0.05) is 20.3 Å². The second-order valence-corrected chi connectivity index (χ2v) is 5.03. The summed E-state index contributed by atoms with van der Waals surface area (Å²) in [6.45, 7) is 5.77. The van der Waals surface area contributed by atoms with Gasteiger partial charge in [0.1, 0.15) is 0 Å². The zero-order valence-electron chi connectivity index (χ0n) is 7.69. The van der Waals surface area contributed by atoms with Crippen LogP contribution in [0.25, 0.3) is 0 Å². The first kappa shape index (κ1) is 7.60. The Morgan fingerprint density at radius 1 is 1.36 bits per heavy atom. The minimum atomic E-state index is 0.594. The highest BCUT2D eigenvalue weighted by atomic mass is 14.7. The maximum absolute atomic E-state index is 5.71. The molecular formula is C10H19N. The van der Waals surface area contributed by atoms with Crippen LogP contribution in [0.2, 0.25) is 0 Å². The van der Waals surface area contributed by atoms with Crippen molar-refractivity contribution in [3.8, 4) is 0 Å². The molecule has 0 saturated heterocycles. The normalized spacial score (nSPS) is 46.6. The molecule has 0 aromatic heterocycles. The van der Waals surface area contributed by atoms with Gasteiger partial charge in [-0.2, -0.15) is 0 Å². The monoisotopic (exact) mass is 153 g/mol. The Balaban J connectivity index is 2.15. The van der Waals surface area contributed by atoms with Crippen LogP contribution in [0.1, 0.15) is 39.5 Å².